The number of rotatable bonds is 10. The van der Waals surface area contributed by atoms with Crippen LogP contribution in [0.4, 0.5) is 0 Å². The average molecular weight is 531 g/mol. The van der Waals surface area contributed by atoms with Gasteiger partial charge in [-0.2, -0.15) is 4.98 Å². The molecule has 2 aromatic carbocycles. The number of aryl methyl sites for hydroxylation is 1. The summed E-state index contributed by atoms with van der Waals surface area (Å²) in [6.45, 7) is 5.43. The highest BCUT2D eigenvalue weighted by Gasteiger charge is 2.26. The van der Waals surface area contributed by atoms with Crippen LogP contribution in [-0.4, -0.2) is 57.8 Å². The van der Waals surface area contributed by atoms with Crippen molar-refractivity contribution in [3.05, 3.63) is 77.7 Å². The van der Waals surface area contributed by atoms with Gasteiger partial charge < -0.3 is 23.9 Å². The number of carbonyl (C=O) groups is 1. The molecule has 1 amide bonds. The van der Waals surface area contributed by atoms with Gasteiger partial charge in [0.05, 0.1) is 20.8 Å². The molecule has 0 aliphatic carbocycles. The predicted molar refractivity (Wildman–Crippen MR) is 145 cm³/mol. The number of methoxy groups -OCH3 is 2. The van der Waals surface area contributed by atoms with Crippen LogP contribution in [0, 0.1) is 12.8 Å². The Labute approximate surface area is 227 Å². The number of carbonyl (C=O) groups excluding carboxylic acids is 1. The molecule has 0 atom stereocenters. The molecule has 10 nitrogen and oxygen atoms in total. The minimum Gasteiger partial charge on any atom is -0.493 e. The van der Waals surface area contributed by atoms with Gasteiger partial charge in [-0.1, -0.05) is 29.4 Å². The highest BCUT2D eigenvalue weighted by Crippen LogP contribution is 2.31. The van der Waals surface area contributed by atoms with Gasteiger partial charge in [-0.15, -0.1) is 0 Å². The van der Waals surface area contributed by atoms with Crippen molar-refractivity contribution in [3.8, 4) is 22.9 Å². The molecule has 0 saturated carbocycles. The summed E-state index contributed by atoms with van der Waals surface area (Å²) in [6, 6.07) is 13.8. The fourth-order valence-electron chi connectivity index (χ4n) is 4.90. The fourth-order valence-corrected chi connectivity index (χ4v) is 4.90. The van der Waals surface area contributed by atoms with E-state index >= 15 is 0 Å². The molecular formula is C29H34N6O4. The second-order valence-corrected chi connectivity index (χ2v) is 9.77. The van der Waals surface area contributed by atoms with Gasteiger partial charge in [0.25, 0.3) is 0 Å². The molecule has 1 fully saturated rings. The molecular weight excluding hydrogens is 496 g/mol. The van der Waals surface area contributed by atoms with Crippen LogP contribution in [0.3, 0.4) is 0 Å². The van der Waals surface area contributed by atoms with Crippen LogP contribution < -0.4 is 14.8 Å². The lowest BCUT2D eigenvalue weighted by Gasteiger charge is -2.30. The van der Waals surface area contributed by atoms with E-state index in [1.165, 1.54) is 5.56 Å². The van der Waals surface area contributed by atoms with Crippen LogP contribution in [0.15, 0.2) is 59.4 Å². The van der Waals surface area contributed by atoms with Crippen LogP contribution in [0.25, 0.3) is 11.4 Å². The first-order valence-corrected chi connectivity index (χ1v) is 13.1. The molecule has 1 aliphatic rings. The highest BCUT2D eigenvalue weighted by molar-refractivity contribution is 5.78. The van der Waals surface area contributed by atoms with E-state index in [4.69, 9.17) is 14.0 Å². The van der Waals surface area contributed by atoms with Gasteiger partial charge in [-0.3, -0.25) is 9.69 Å². The molecule has 1 N–H and O–H groups in total. The lowest BCUT2D eigenvalue weighted by molar-refractivity contribution is -0.126. The van der Waals surface area contributed by atoms with E-state index in [0.29, 0.717) is 36.3 Å². The van der Waals surface area contributed by atoms with Crippen molar-refractivity contribution >= 4 is 5.91 Å². The van der Waals surface area contributed by atoms with E-state index in [1.807, 2.05) is 49.6 Å². The summed E-state index contributed by atoms with van der Waals surface area (Å²) in [4.78, 5) is 24.0. The van der Waals surface area contributed by atoms with E-state index in [9.17, 15) is 4.79 Å². The fraction of sp³-hybridized carbons (Fsp3) is 0.379. The molecule has 5 rings (SSSR count). The predicted octanol–water partition coefficient (Wildman–Crippen LogP) is 3.84. The van der Waals surface area contributed by atoms with Gasteiger partial charge in [0, 0.05) is 37.0 Å². The Balaban J connectivity index is 1.09. The topological polar surface area (TPSA) is 108 Å². The van der Waals surface area contributed by atoms with Gasteiger partial charge in [-0.25, -0.2) is 4.98 Å². The monoisotopic (exact) mass is 530 g/mol. The number of piperidine rings is 1. The summed E-state index contributed by atoms with van der Waals surface area (Å²) in [5.74, 6) is 3.41. The Morgan fingerprint density at radius 3 is 2.59 bits per heavy atom. The minimum atomic E-state index is 0.00282. The van der Waals surface area contributed by atoms with Crippen molar-refractivity contribution in [3.63, 3.8) is 0 Å². The standard InChI is InChI=1S/C29H34N6O4/c1-20-30-11-14-35(20)18-22-6-4-5-21(15-22)17-31-29(36)23-9-12-34(13-10-23)19-27-32-28(33-39-27)24-7-8-25(37-2)26(16-24)38-3/h4-8,11,14-16,23H,9-10,12-13,17-19H2,1-3H3,(H,31,36). The summed E-state index contributed by atoms with van der Waals surface area (Å²) in [7, 11) is 3.19. The lowest BCUT2D eigenvalue weighted by Crippen LogP contribution is -2.40. The Bertz CT molecular complexity index is 1410. The maximum atomic E-state index is 12.9. The van der Waals surface area contributed by atoms with Crippen LogP contribution in [0.5, 0.6) is 11.5 Å². The van der Waals surface area contributed by atoms with E-state index < -0.39 is 0 Å². The Kier molecular flexibility index (Phi) is 8.21. The molecule has 1 saturated heterocycles. The van der Waals surface area contributed by atoms with Crippen molar-refractivity contribution in [1.29, 1.82) is 0 Å². The van der Waals surface area contributed by atoms with Crippen LogP contribution in [-0.2, 0) is 24.4 Å². The number of nitrogens with zero attached hydrogens (tertiary/aromatic N) is 5. The van der Waals surface area contributed by atoms with Crippen molar-refractivity contribution < 1.29 is 18.8 Å². The smallest absolute Gasteiger partial charge is 0.241 e. The van der Waals surface area contributed by atoms with Gasteiger partial charge in [0.1, 0.15) is 5.82 Å². The van der Waals surface area contributed by atoms with Crippen molar-refractivity contribution in [2.45, 2.75) is 39.4 Å². The second-order valence-electron chi connectivity index (χ2n) is 9.77. The molecule has 2 aromatic heterocycles. The van der Waals surface area contributed by atoms with E-state index in [1.54, 1.807) is 14.2 Å². The second kappa shape index (κ2) is 12.1. The maximum absolute atomic E-state index is 12.9. The Hall–Kier alpha value is -4.18. The molecule has 10 heteroatoms. The number of ether oxygens (including phenoxy) is 2. The van der Waals surface area contributed by atoms with Crippen molar-refractivity contribution in [1.82, 2.24) is 29.9 Å². The number of likely N-dealkylation sites (tertiary alicyclic amines) is 1. The molecule has 0 spiro atoms. The first-order chi connectivity index (χ1) is 19.0. The maximum Gasteiger partial charge on any atom is 0.241 e. The zero-order chi connectivity index (χ0) is 27.2. The third kappa shape index (κ3) is 6.46. The molecule has 1 aliphatic heterocycles. The number of hydrogen-bond acceptors (Lipinski definition) is 8. The first kappa shape index (κ1) is 26.4. The summed E-state index contributed by atoms with van der Waals surface area (Å²) >= 11 is 0. The van der Waals surface area contributed by atoms with Gasteiger partial charge in [-0.05, 0) is 62.2 Å². The largest absolute Gasteiger partial charge is 0.493 e. The third-order valence-electron chi connectivity index (χ3n) is 7.16. The summed E-state index contributed by atoms with van der Waals surface area (Å²) in [6.07, 6.45) is 5.38. The minimum absolute atomic E-state index is 0.00282. The highest BCUT2D eigenvalue weighted by atomic mass is 16.5. The lowest BCUT2D eigenvalue weighted by atomic mass is 9.96. The van der Waals surface area contributed by atoms with Crippen molar-refractivity contribution in [2.24, 2.45) is 5.92 Å². The van der Waals surface area contributed by atoms with Gasteiger partial charge in [0.2, 0.25) is 17.6 Å². The molecule has 0 radical (unpaired) electrons. The first-order valence-electron chi connectivity index (χ1n) is 13.1. The average Bonchev–Trinajstić information content (AvgIpc) is 3.60. The molecule has 0 unspecified atom stereocenters. The van der Waals surface area contributed by atoms with Crippen LogP contribution in [0.2, 0.25) is 0 Å². The van der Waals surface area contributed by atoms with Gasteiger partial charge >= 0.3 is 0 Å². The number of hydrogen-bond donors (Lipinski definition) is 1. The quantitative estimate of drug-likeness (QED) is 0.330. The SMILES string of the molecule is COc1ccc(-c2noc(CN3CCC(C(=O)NCc4cccc(Cn5ccnc5C)c4)CC3)n2)cc1OC. The number of imidazole rings is 1. The molecule has 39 heavy (non-hydrogen) atoms. The third-order valence-corrected chi connectivity index (χ3v) is 7.16. The summed E-state index contributed by atoms with van der Waals surface area (Å²) in [5.41, 5.74) is 3.07. The number of aromatic nitrogens is 4. The Morgan fingerprint density at radius 1 is 1.05 bits per heavy atom. The molecule has 204 valence electrons. The van der Waals surface area contributed by atoms with Crippen LogP contribution in [0.1, 0.15) is 35.7 Å². The van der Waals surface area contributed by atoms with Crippen LogP contribution >= 0.6 is 0 Å². The summed E-state index contributed by atoms with van der Waals surface area (Å²) < 4.78 is 18.3. The Morgan fingerprint density at radius 2 is 1.85 bits per heavy atom. The van der Waals surface area contributed by atoms with Crippen molar-refractivity contribution in [2.75, 3.05) is 27.3 Å². The van der Waals surface area contributed by atoms with Gasteiger partial charge in [0.15, 0.2) is 11.5 Å². The number of amides is 1. The normalized spacial score (nSPS) is 14.3. The van der Waals surface area contributed by atoms with E-state index in [2.05, 4.69) is 42.0 Å². The zero-order valence-corrected chi connectivity index (χ0v) is 22.6. The zero-order valence-electron chi connectivity index (χ0n) is 22.6. The molecule has 3 heterocycles. The van der Waals surface area contributed by atoms with E-state index in [0.717, 1.165) is 49.4 Å². The van der Waals surface area contributed by atoms with E-state index in [-0.39, 0.29) is 11.8 Å². The molecule has 0 bridgehead atoms. The number of nitrogens with one attached hydrogen (secondary N) is 1. The summed E-state index contributed by atoms with van der Waals surface area (Å²) in [5, 5.41) is 7.27. The number of benzene rings is 2. The molecule has 4 aromatic rings.